The van der Waals surface area contributed by atoms with E-state index in [1.165, 1.54) is 19.4 Å². The van der Waals surface area contributed by atoms with E-state index in [1.807, 2.05) is 0 Å². The number of carbonyl (C=O) groups excluding carboxylic acids is 1. The Balaban J connectivity index is 2.03. The lowest BCUT2D eigenvalue weighted by Crippen LogP contribution is -2.03. The number of methoxy groups -OCH3 is 1. The van der Waals surface area contributed by atoms with Crippen molar-refractivity contribution in [3.05, 3.63) is 53.5 Å². The quantitative estimate of drug-likeness (QED) is 0.814. The van der Waals surface area contributed by atoms with Crippen LogP contribution in [0.15, 0.2) is 41.0 Å². The van der Waals surface area contributed by atoms with Crippen LogP contribution >= 0.6 is 0 Å². The summed E-state index contributed by atoms with van der Waals surface area (Å²) in [7, 11) is 1.32. The van der Waals surface area contributed by atoms with Crippen molar-refractivity contribution in [3.8, 4) is 0 Å². The number of furan rings is 1. The number of benzene rings is 1. The van der Waals surface area contributed by atoms with Crippen LogP contribution in [0.25, 0.3) is 0 Å². The Hall–Kier alpha value is -2.76. The second-order valence-electron chi connectivity index (χ2n) is 4.03. The highest BCUT2D eigenvalue weighted by Gasteiger charge is 2.09. The standard InChI is InChI=1S/C14H13NO5/c1-19-14(18)9-3-2-4-11(5-9)15-7-12-6-10(8-20-12)13(16)17/h2-6,8,15H,7H2,1H3,(H,16,17). The maximum Gasteiger partial charge on any atom is 0.338 e. The van der Waals surface area contributed by atoms with Crippen LogP contribution in [0, 0.1) is 0 Å². The van der Waals surface area contributed by atoms with Crippen molar-refractivity contribution >= 4 is 17.6 Å². The Morgan fingerprint density at radius 1 is 1.30 bits per heavy atom. The molecule has 0 aliphatic carbocycles. The van der Waals surface area contributed by atoms with Crippen LogP contribution in [0.2, 0.25) is 0 Å². The predicted molar refractivity (Wildman–Crippen MR) is 70.8 cm³/mol. The first kappa shape index (κ1) is 13.7. The molecule has 0 amide bonds. The Bertz CT molecular complexity index is 632. The lowest BCUT2D eigenvalue weighted by Gasteiger charge is -2.06. The van der Waals surface area contributed by atoms with Gasteiger partial charge in [0.05, 0.1) is 24.8 Å². The molecular weight excluding hydrogens is 262 g/mol. The molecule has 0 saturated heterocycles. The zero-order valence-electron chi connectivity index (χ0n) is 10.8. The highest BCUT2D eigenvalue weighted by atomic mass is 16.5. The molecule has 1 aromatic carbocycles. The number of carbonyl (C=O) groups is 2. The van der Waals surface area contributed by atoms with Crippen molar-refractivity contribution < 1.29 is 23.8 Å². The van der Waals surface area contributed by atoms with Gasteiger partial charge in [-0.25, -0.2) is 9.59 Å². The van der Waals surface area contributed by atoms with Crippen molar-refractivity contribution in [2.24, 2.45) is 0 Å². The fourth-order valence-corrected chi connectivity index (χ4v) is 1.65. The SMILES string of the molecule is COC(=O)c1cccc(NCc2cc(C(=O)O)co2)c1. The number of carboxylic acid groups (broad SMARTS) is 1. The second-order valence-corrected chi connectivity index (χ2v) is 4.03. The molecule has 1 heterocycles. The van der Waals surface area contributed by atoms with Crippen LogP contribution in [0.1, 0.15) is 26.5 Å². The highest BCUT2D eigenvalue weighted by Crippen LogP contribution is 2.14. The van der Waals surface area contributed by atoms with Gasteiger partial charge in [-0.2, -0.15) is 0 Å². The van der Waals surface area contributed by atoms with E-state index in [4.69, 9.17) is 9.52 Å². The third kappa shape index (κ3) is 3.17. The average molecular weight is 275 g/mol. The van der Waals surface area contributed by atoms with E-state index in [0.29, 0.717) is 23.6 Å². The Morgan fingerprint density at radius 3 is 2.75 bits per heavy atom. The van der Waals surface area contributed by atoms with E-state index in [0.717, 1.165) is 0 Å². The zero-order valence-corrected chi connectivity index (χ0v) is 10.8. The van der Waals surface area contributed by atoms with Gasteiger partial charge in [0, 0.05) is 5.69 Å². The number of carboxylic acids is 1. The number of hydrogen-bond donors (Lipinski definition) is 2. The van der Waals surface area contributed by atoms with E-state index >= 15 is 0 Å². The minimum absolute atomic E-state index is 0.102. The summed E-state index contributed by atoms with van der Waals surface area (Å²) in [5, 5.41) is 11.8. The number of rotatable bonds is 5. The molecule has 2 N–H and O–H groups in total. The van der Waals surface area contributed by atoms with Crippen molar-refractivity contribution in [2.45, 2.75) is 6.54 Å². The third-order valence-corrected chi connectivity index (χ3v) is 2.65. The fourth-order valence-electron chi connectivity index (χ4n) is 1.65. The summed E-state index contributed by atoms with van der Waals surface area (Å²) >= 11 is 0. The number of esters is 1. The first-order valence-electron chi connectivity index (χ1n) is 5.83. The van der Waals surface area contributed by atoms with Crippen LogP contribution in [0.4, 0.5) is 5.69 Å². The average Bonchev–Trinajstić information content (AvgIpc) is 2.93. The third-order valence-electron chi connectivity index (χ3n) is 2.65. The molecule has 6 heteroatoms. The van der Waals surface area contributed by atoms with Crippen molar-refractivity contribution in [2.75, 3.05) is 12.4 Å². The topological polar surface area (TPSA) is 88.8 Å². The number of nitrogens with one attached hydrogen (secondary N) is 1. The molecule has 0 spiro atoms. The number of ether oxygens (including phenoxy) is 1. The van der Waals surface area contributed by atoms with Gasteiger partial charge >= 0.3 is 11.9 Å². The van der Waals surface area contributed by atoms with Gasteiger partial charge in [-0.3, -0.25) is 0 Å². The smallest absolute Gasteiger partial charge is 0.338 e. The zero-order chi connectivity index (χ0) is 14.5. The van der Waals surface area contributed by atoms with Crippen LogP contribution in [-0.4, -0.2) is 24.2 Å². The van der Waals surface area contributed by atoms with E-state index in [9.17, 15) is 9.59 Å². The molecule has 2 aromatic rings. The number of hydrogen-bond acceptors (Lipinski definition) is 5. The van der Waals surface area contributed by atoms with E-state index in [-0.39, 0.29) is 5.56 Å². The normalized spacial score (nSPS) is 10.1. The van der Waals surface area contributed by atoms with Gasteiger partial charge in [-0.05, 0) is 24.3 Å². The number of anilines is 1. The summed E-state index contributed by atoms with van der Waals surface area (Å²) < 4.78 is 9.74. The van der Waals surface area contributed by atoms with E-state index in [1.54, 1.807) is 24.3 Å². The minimum Gasteiger partial charge on any atom is -0.478 e. The summed E-state index contributed by atoms with van der Waals surface area (Å²) in [4.78, 5) is 22.1. The lowest BCUT2D eigenvalue weighted by atomic mass is 10.2. The molecule has 1 aromatic heterocycles. The monoisotopic (exact) mass is 275 g/mol. The largest absolute Gasteiger partial charge is 0.478 e. The van der Waals surface area contributed by atoms with E-state index in [2.05, 4.69) is 10.1 Å². The highest BCUT2D eigenvalue weighted by molar-refractivity contribution is 5.90. The van der Waals surface area contributed by atoms with Gasteiger partial charge in [0.15, 0.2) is 0 Å². The molecule has 20 heavy (non-hydrogen) atoms. The Kier molecular flexibility index (Phi) is 4.05. The van der Waals surface area contributed by atoms with Gasteiger partial charge in [0.25, 0.3) is 0 Å². The van der Waals surface area contributed by atoms with Gasteiger partial charge in [-0.15, -0.1) is 0 Å². The molecule has 0 fully saturated rings. The molecule has 0 unspecified atom stereocenters. The van der Waals surface area contributed by atoms with E-state index < -0.39 is 11.9 Å². The lowest BCUT2D eigenvalue weighted by molar-refractivity contribution is 0.0600. The van der Waals surface area contributed by atoms with Gasteiger partial charge in [0.2, 0.25) is 0 Å². The summed E-state index contributed by atoms with van der Waals surface area (Å²) in [6.45, 7) is 0.317. The predicted octanol–water partition coefficient (Wildman–Crippen LogP) is 2.38. The first-order chi connectivity index (χ1) is 9.60. The molecule has 0 bridgehead atoms. The Morgan fingerprint density at radius 2 is 2.10 bits per heavy atom. The summed E-state index contributed by atoms with van der Waals surface area (Å²) in [5.74, 6) is -0.960. The van der Waals surface area contributed by atoms with Crippen LogP contribution in [-0.2, 0) is 11.3 Å². The van der Waals surface area contributed by atoms with Gasteiger partial charge < -0.3 is 19.6 Å². The molecule has 0 atom stereocenters. The van der Waals surface area contributed by atoms with Crippen molar-refractivity contribution in [1.82, 2.24) is 0 Å². The second kappa shape index (κ2) is 5.92. The molecule has 104 valence electrons. The molecule has 0 aliphatic heterocycles. The van der Waals surface area contributed by atoms with Crippen molar-refractivity contribution in [1.29, 1.82) is 0 Å². The molecule has 0 aliphatic rings. The van der Waals surface area contributed by atoms with Crippen LogP contribution < -0.4 is 5.32 Å². The number of aromatic carboxylic acids is 1. The molecule has 0 saturated carbocycles. The molecule has 0 radical (unpaired) electrons. The molecule has 6 nitrogen and oxygen atoms in total. The fraction of sp³-hybridized carbons (Fsp3) is 0.143. The first-order valence-corrected chi connectivity index (χ1v) is 5.83. The molecule has 2 rings (SSSR count). The van der Waals surface area contributed by atoms with Crippen LogP contribution in [0.5, 0.6) is 0 Å². The Labute approximate surface area is 115 Å². The maximum absolute atomic E-state index is 11.4. The summed E-state index contributed by atoms with van der Waals surface area (Å²) in [5.41, 5.74) is 1.24. The summed E-state index contributed by atoms with van der Waals surface area (Å²) in [6.07, 6.45) is 1.18. The maximum atomic E-state index is 11.4. The molecular formula is C14H13NO5. The summed E-state index contributed by atoms with van der Waals surface area (Å²) in [6, 6.07) is 8.24. The van der Waals surface area contributed by atoms with Crippen molar-refractivity contribution in [3.63, 3.8) is 0 Å². The van der Waals surface area contributed by atoms with Gasteiger partial charge in [0.1, 0.15) is 12.0 Å². The van der Waals surface area contributed by atoms with Crippen LogP contribution in [0.3, 0.4) is 0 Å². The van der Waals surface area contributed by atoms with Gasteiger partial charge in [-0.1, -0.05) is 6.07 Å². The minimum atomic E-state index is -1.03.